The van der Waals surface area contributed by atoms with Gasteiger partial charge in [-0.2, -0.15) is 0 Å². The van der Waals surface area contributed by atoms with E-state index in [1.807, 2.05) is 6.07 Å². The molecule has 0 aromatic carbocycles. The maximum absolute atomic E-state index is 11.5. The summed E-state index contributed by atoms with van der Waals surface area (Å²) in [5.74, 6) is 0.0189. The molecule has 1 N–H and O–H groups in total. The number of carbonyl (C=O) groups is 1. The summed E-state index contributed by atoms with van der Waals surface area (Å²) < 4.78 is 0. The van der Waals surface area contributed by atoms with Crippen molar-refractivity contribution >= 4 is 17.3 Å². The molecule has 0 atom stereocenters. The third-order valence-electron chi connectivity index (χ3n) is 2.47. The molecule has 0 bridgehead atoms. The van der Waals surface area contributed by atoms with Crippen molar-refractivity contribution in [3.05, 3.63) is 18.5 Å². The van der Waals surface area contributed by atoms with Crippen molar-refractivity contribution in [2.24, 2.45) is 0 Å². The first-order chi connectivity index (χ1) is 6.98. The van der Waals surface area contributed by atoms with Gasteiger partial charge in [0, 0.05) is 11.7 Å². The molecule has 1 aromatic heterocycles. The van der Waals surface area contributed by atoms with E-state index in [2.05, 4.69) is 36.0 Å². The molecular formula is C11H15N3O. The fraction of sp³-hybridized carbons (Fsp3) is 0.455. The van der Waals surface area contributed by atoms with E-state index in [0.717, 1.165) is 11.4 Å². The fourth-order valence-corrected chi connectivity index (χ4v) is 1.74. The van der Waals surface area contributed by atoms with Crippen LogP contribution in [0.15, 0.2) is 18.5 Å². The highest BCUT2D eigenvalue weighted by molar-refractivity contribution is 6.01. The molecule has 0 aliphatic carbocycles. The Balaban J connectivity index is 2.47. The summed E-state index contributed by atoms with van der Waals surface area (Å²) in [5.41, 5.74) is 1.77. The molecule has 0 fully saturated rings. The average molecular weight is 205 g/mol. The second-order valence-electron chi connectivity index (χ2n) is 4.70. The van der Waals surface area contributed by atoms with Gasteiger partial charge in [0.25, 0.3) is 0 Å². The molecule has 4 nitrogen and oxygen atoms in total. The summed E-state index contributed by atoms with van der Waals surface area (Å²) in [6, 6.07) is 1.93. The Morgan fingerprint density at radius 1 is 1.47 bits per heavy atom. The molecular weight excluding hydrogens is 190 g/mol. The van der Waals surface area contributed by atoms with Crippen molar-refractivity contribution in [3.63, 3.8) is 0 Å². The first-order valence-electron chi connectivity index (χ1n) is 5.00. The monoisotopic (exact) mass is 205 g/mol. The van der Waals surface area contributed by atoms with Crippen LogP contribution in [0.5, 0.6) is 0 Å². The lowest BCUT2D eigenvalue weighted by molar-refractivity contribution is -0.115. The standard InChI is InChI=1S/C11H15N3O/c1-11(2,3)14-7-10(15)13-8-6-12-5-4-9(8)14/h4-6H,7H2,1-3H3,(H,13,15). The zero-order valence-electron chi connectivity index (χ0n) is 9.24. The number of rotatable bonds is 0. The second-order valence-corrected chi connectivity index (χ2v) is 4.70. The summed E-state index contributed by atoms with van der Waals surface area (Å²) in [6.45, 7) is 6.68. The first kappa shape index (κ1) is 9.96. The quantitative estimate of drug-likeness (QED) is 0.700. The molecule has 15 heavy (non-hydrogen) atoms. The number of pyridine rings is 1. The number of fused-ring (bicyclic) bond motifs is 1. The number of anilines is 2. The lowest BCUT2D eigenvalue weighted by atomic mass is 10.0. The van der Waals surface area contributed by atoms with Crippen LogP contribution < -0.4 is 10.2 Å². The van der Waals surface area contributed by atoms with Crippen LogP contribution in [0.1, 0.15) is 20.8 Å². The number of aromatic nitrogens is 1. The van der Waals surface area contributed by atoms with Crippen molar-refractivity contribution in [3.8, 4) is 0 Å². The Morgan fingerprint density at radius 3 is 2.87 bits per heavy atom. The topological polar surface area (TPSA) is 45.2 Å². The molecule has 2 heterocycles. The normalized spacial score (nSPS) is 15.9. The van der Waals surface area contributed by atoms with Crippen molar-refractivity contribution in [2.75, 3.05) is 16.8 Å². The minimum absolute atomic E-state index is 0.0189. The zero-order chi connectivity index (χ0) is 11.1. The third kappa shape index (κ3) is 1.79. The van der Waals surface area contributed by atoms with Crippen LogP contribution in [-0.4, -0.2) is 23.0 Å². The Morgan fingerprint density at radius 2 is 2.20 bits per heavy atom. The fourth-order valence-electron chi connectivity index (χ4n) is 1.74. The van der Waals surface area contributed by atoms with E-state index in [0.29, 0.717) is 6.54 Å². The van der Waals surface area contributed by atoms with Crippen molar-refractivity contribution in [1.82, 2.24) is 4.98 Å². The molecule has 0 saturated carbocycles. The van der Waals surface area contributed by atoms with Gasteiger partial charge in [0.15, 0.2) is 0 Å². The summed E-state index contributed by atoms with van der Waals surface area (Å²) in [6.07, 6.45) is 3.43. The largest absolute Gasteiger partial charge is 0.356 e. The Kier molecular flexibility index (Phi) is 2.14. The Bertz CT molecular complexity index is 395. The van der Waals surface area contributed by atoms with Crippen LogP contribution >= 0.6 is 0 Å². The molecule has 0 saturated heterocycles. The van der Waals surface area contributed by atoms with Gasteiger partial charge < -0.3 is 10.2 Å². The summed E-state index contributed by atoms with van der Waals surface area (Å²) in [7, 11) is 0. The molecule has 1 aromatic rings. The van der Waals surface area contributed by atoms with Crippen LogP contribution in [0.4, 0.5) is 11.4 Å². The Hall–Kier alpha value is -1.58. The van der Waals surface area contributed by atoms with Gasteiger partial charge in [0.05, 0.1) is 24.1 Å². The predicted octanol–water partition coefficient (Wildman–Crippen LogP) is 1.64. The van der Waals surface area contributed by atoms with Gasteiger partial charge in [0.2, 0.25) is 5.91 Å². The van der Waals surface area contributed by atoms with Gasteiger partial charge in [0.1, 0.15) is 0 Å². The highest BCUT2D eigenvalue weighted by Gasteiger charge is 2.29. The van der Waals surface area contributed by atoms with Crippen molar-refractivity contribution in [2.45, 2.75) is 26.3 Å². The number of nitrogens with one attached hydrogen (secondary N) is 1. The summed E-state index contributed by atoms with van der Waals surface area (Å²) in [4.78, 5) is 17.6. The van der Waals surface area contributed by atoms with Crippen LogP contribution in [-0.2, 0) is 4.79 Å². The van der Waals surface area contributed by atoms with E-state index < -0.39 is 0 Å². The summed E-state index contributed by atoms with van der Waals surface area (Å²) in [5, 5.41) is 2.82. The lowest BCUT2D eigenvalue weighted by Crippen LogP contribution is -2.48. The van der Waals surface area contributed by atoms with E-state index in [4.69, 9.17) is 0 Å². The van der Waals surface area contributed by atoms with Gasteiger partial charge in [-0.1, -0.05) is 0 Å². The van der Waals surface area contributed by atoms with Gasteiger partial charge in [-0.15, -0.1) is 0 Å². The molecule has 0 unspecified atom stereocenters. The molecule has 1 aliphatic rings. The van der Waals surface area contributed by atoms with Crippen LogP contribution in [0.2, 0.25) is 0 Å². The third-order valence-corrected chi connectivity index (χ3v) is 2.47. The minimum Gasteiger partial charge on any atom is -0.356 e. The number of hydrogen-bond donors (Lipinski definition) is 1. The van der Waals surface area contributed by atoms with Crippen molar-refractivity contribution in [1.29, 1.82) is 0 Å². The average Bonchev–Trinajstić information content (AvgIpc) is 2.15. The molecule has 0 spiro atoms. The summed E-state index contributed by atoms with van der Waals surface area (Å²) >= 11 is 0. The predicted molar refractivity (Wildman–Crippen MR) is 60.0 cm³/mol. The van der Waals surface area contributed by atoms with Gasteiger partial charge in [-0.25, -0.2) is 0 Å². The van der Waals surface area contributed by atoms with E-state index in [1.165, 1.54) is 0 Å². The van der Waals surface area contributed by atoms with E-state index in [1.54, 1.807) is 12.4 Å². The Labute approximate surface area is 89.3 Å². The van der Waals surface area contributed by atoms with Gasteiger partial charge >= 0.3 is 0 Å². The van der Waals surface area contributed by atoms with Crippen LogP contribution in [0.3, 0.4) is 0 Å². The maximum Gasteiger partial charge on any atom is 0.244 e. The molecule has 4 heteroatoms. The lowest BCUT2D eigenvalue weighted by Gasteiger charge is -2.40. The highest BCUT2D eigenvalue weighted by Crippen LogP contribution is 2.32. The molecule has 1 amide bonds. The van der Waals surface area contributed by atoms with E-state index >= 15 is 0 Å². The SMILES string of the molecule is CC(C)(C)N1CC(=O)Nc2cnccc21. The molecule has 80 valence electrons. The smallest absolute Gasteiger partial charge is 0.244 e. The minimum atomic E-state index is -0.0616. The number of carbonyl (C=O) groups excluding carboxylic acids is 1. The maximum atomic E-state index is 11.5. The zero-order valence-corrected chi connectivity index (χ0v) is 9.24. The van der Waals surface area contributed by atoms with Gasteiger partial charge in [-0.3, -0.25) is 9.78 Å². The first-order valence-corrected chi connectivity index (χ1v) is 5.00. The molecule has 1 aliphatic heterocycles. The number of hydrogen-bond acceptors (Lipinski definition) is 3. The van der Waals surface area contributed by atoms with Crippen LogP contribution in [0, 0.1) is 0 Å². The second kappa shape index (κ2) is 3.22. The molecule has 0 radical (unpaired) electrons. The number of nitrogens with zero attached hydrogens (tertiary/aromatic N) is 2. The molecule has 2 rings (SSSR count). The highest BCUT2D eigenvalue weighted by atomic mass is 16.2. The van der Waals surface area contributed by atoms with Crippen molar-refractivity contribution < 1.29 is 4.79 Å². The van der Waals surface area contributed by atoms with E-state index in [-0.39, 0.29) is 11.4 Å². The van der Waals surface area contributed by atoms with E-state index in [9.17, 15) is 4.79 Å². The van der Waals surface area contributed by atoms with Gasteiger partial charge in [-0.05, 0) is 26.8 Å². The van der Waals surface area contributed by atoms with Crippen LogP contribution in [0.25, 0.3) is 0 Å². The number of amides is 1.